The molecule has 0 saturated carbocycles. The summed E-state index contributed by atoms with van der Waals surface area (Å²) in [7, 11) is -1.46. The highest BCUT2D eigenvalue weighted by atomic mass is 28.3. The first-order valence-corrected chi connectivity index (χ1v) is 13.6. The van der Waals surface area contributed by atoms with E-state index in [0.717, 1.165) is 30.2 Å². The lowest BCUT2D eigenvalue weighted by Crippen LogP contribution is -2.36. The van der Waals surface area contributed by atoms with Crippen molar-refractivity contribution in [2.45, 2.75) is 97.2 Å². The Labute approximate surface area is 155 Å². The minimum Gasteiger partial charge on any atom is -0.481 e. The fourth-order valence-electron chi connectivity index (χ4n) is 3.17. The topological polar surface area (TPSA) is 50.4 Å². The Morgan fingerprint density at radius 1 is 1.04 bits per heavy atom. The van der Waals surface area contributed by atoms with Crippen molar-refractivity contribution in [3.8, 4) is 0 Å². The number of carboxylic acids is 1. The molecule has 0 radical (unpaired) electrons. The van der Waals surface area contributed by atoms with E-state index >= 15 is 0 Å². The van der Waals surface area contributed by atoms with Gasteiger partial charge in [0.05, 0.1) is 17.6 Å². The second-order valence-corrected chi connectivity index (χ2v) is 13.4. The van der Waals surface area contributed by atoms with Gasteiger partial charge in [0.15, 0.2) is 0 Å². The van der Waals surface area contributed by atoms with Gasteiger partial charge in [-0.3, -0.25) is 4.79 Å². The zero-order chi connectivity index (χ0) is 18.7. The molecule has 0 aliphatic carbocycles. The maximum absolute atomic E-state index is 11.6. The summed E-state index contributed by atoms with van der Waals surface area (Å²) in [6, 6.07) is 2.08. The second-order valence-electron chi connectivity index (χ2n) is 8.43. The van der Waals surface area contributed by atoms with Crippen LogP contribution in [0.4, 0.5) is 0 Å². The molecule has 25 heavy (non-hydrogen) atoms. The molecule has 0 aliphatic rings. The van der Waals surface area contributed by atoms with Gasteiger partial charge in [0.2, 0.25) is 0 Å². The quantitative estimate of drug-likeness (QED) is 0.325. The number of aliphatic carboxylic acids is 1. The largest absolute Gasteiger partial charge is 0.481 e. The molecule has 144 valence electrons. The van der Waals surface area contributed by atoms with E-state index in [1.807, 2.05) is 0 Å². The van der Waals surface area contributed by atoms with Crippen LogP contribution >= 0.6 is 0 Å². The summed E-state index contributed by atoms with van der Waals surface area (Å²) >= 11 is 0. The maximum atomic E-state index is 11.6. The Kier molecular flexibility index (Phi) is 10.2. The molecule has 0 saturated heterocycles. The minimum absolute atomic E-state index is 0.281. The van der Waals surface area contributed by atoms with Gasteiger partial charge in [-0.2, -0.15) is 0 Å². The molecule has 1 heterocycles. The van der Waals surface area contributed by atoms with Crippen LogP contribution in [0.25, 0.3) is 0 Å². The van der Waals surface area contributed by atoms with Crippen molar-refractivity contribution >= 4 is 19.4 Å². The summed E-state index contributed by atoms with van der Waals surface area (Å²) < 4.78 is 5.68. The average molecular weight is 367 g/mol. The van der Waals surface area contributed by atoms with E-state index in [9.17, 15) is 9.90 Å². The van der Waals surface area contributed by atoms with E-state index in [-0.39, 0.29) is 5.92 Å². The molecule has 1 N–H and O–H groups in total. The summed E-state index contributed by atoms with van der Waals surface area (Å²) in [5.41, 5.74) is 1.04. The summed E-state index contributed by atoms with van der Waals surface area (Å²) in [5.74, 6) is -0.952. The van der Waals surface area contributed by atoms with Gasteiger partial charge < -0.3 is 9.52 Å². The molecule has 0 amide bonds. The number of hydrogen-bond donors (Lipinski definition) is 1. The zero-order valence-electron chi connectivity index (χ0n) is 16.8. The van der Waals surface area contributed by atoms with E-state index in [4.69, 9.17) is 4.42 Å². The highest BCUT2D eigenvalue weighted by Crippen LogP contribution is 2.19. The van der Waals surface area contributed by atoms with Gasteiger partial charge in [-0.1, -0.05) is 84.4 Å². The molecule has 3 nitrogen and oxygen atoms in total. The Balaban J connectivity index is 2.26. The molecule has 0 bridgehead atoms. The van der Waals surface area contributed by atoms with Gasteiger partial charge in [-0.05, 0) is 24.5 Å². The van der Waals surface area contributed by atoms with Gasteiger partial charge >= 0.3 is 5.97 Å². The van der Waals surface area contributed by atoms with Gasteiger partial charge in [0.1, 0.15) is 8.07 Å². The standard InChI is InChI=1S/C21H38O3Si/c1-5-6-7-8-9-10-11-12-13-14-19(21(22)23)15-18-16-20(24-17-18)25(2,3)4/h16-17,19H,5-15H2,1-4H3,(H,22,23). The van der Waals surface area contributed by atoms with Gasteiger partial charge in [0.25, 0.3) is 0 Å². The molecular formula is C21H38O3Si. The summed E-state index contributed by atoms with van der Waals surface area (Å²) in [6.07, 6.45) is 14.5. The van der Waals surface area contributed by atoms with Crippen molar-refractivity contribution in [3.63, 3.8) is 0 Å². The van der Waals surface area contributed by atoms with Crippen LogP contribution in [-0.4, -0.2) is 19.1 Å². The Morgan fingerprint density at radius 3 is 2.08 bits per heavy atom. The normalized spacial score (nSPS) is 13.1. The number of carboxylic acid groups (broad SMARTS) is 1. The van der Waals surface area contributed by atoms with Crippen LogP contribution in [-0.2, 0) is 11.2 Å². The second kappa shape index (κ2) is 11.6. The van der Waals surface area contributed by atoms with E-state index in [1.54, 1.807) is 6.26 Å². The molecule has 0 fully saturated rings. The smallest absolute Gasteiger partial charge is 0.306 e. The third kappa shape index (κ3) is 9.29. The van der Waals surface area contributed by atoms with Crippen LogP contribution < -0.4 is 5.38 Å². The number of carbonyl (C=O) groups is 1. The van der Waals surface area contributed by atoms with Gasteiger partial charge in [-0.25, -0.2) is 0 Å². The molecular weight excluding hydrogens is 328 g/mol. The highest BCUT2D eigenvalue weighted by Gasteiger charge is 2.23. The SMILES string of the molecule is CCCCCCCCCCCC(Cc1coc([Si](C)(C)C)c1)C(=O)O. The van der Waals surface area contributed by atoms with Crippen LogP contribution in [0.15, 0.2) is 16.7 Å². The molecule has 1 unspecified atom stereocenters. The highest BCUT2D eigenvalue weighted by molar-refractivity contribution is 6.87. The van der Waals surface area contributed by atoms with E-state index in [2.05, 4.69) is 32.6 Å². The zero-order valence-corrected chi connectivity index (χ0v) is 17.8. The summed E-state index contributed by atoms with van der Waals surface area (Å²) in [5, 5.41) is 10.6. The minimum atomic E-state index is -1.46. The molecule has 1 atom stereocenters. The Morgan fingerprint density at radius 2 is 1.60 bits per heavy atom. The third-order valence-electron chi connectivity index (χ3n) is 4.88. The fourth-order valence-corrected chi connectivity index (χ4v) is 4.21. The van der Waals surface area contributed by atoms with E-state index in [1.165, 1.54) is 44.9 Å². The molecule has 0 spiro atoms. The first kappa shape index (κ1) is 22.0. The first-order chi connectivity index (χ1) is 11.8. The van der Waals surface area contributed by atoms with Crippen molar-refractivity contribution in [2.75, 3.05) is 0 Å². The predicted molar refractivity (Wildman–Crippen MR) is 108 cm³/mol. The van der Waals surface area contributed by atoms with Crippen molar-refractivity contribution in [2.24, 2.45) is 5.92 Å². The van der Waals surface area contributed by atoms with Crippen LogP contribution in [0.5, 0.6) is 0 Å². The van der Waals surface area contributed by atoms with Crippen LogP contribution in [0.2, 0.25) is 19.6 Å². The van der Waals surface area contributed by atoms with Crippen LogP contribution in [0.3, 0.4) is 0 Å². The summed E-state index contributed by atoms with van der Waals surface area (Å²) in [4.78, 5) is 11.6. The Bertz CT molecular complexity index is 488. The summed E-state index contributed by atoms with van der Waals surface area (Å²) in [6.45, 7) is 8.97. The van der Waals surface area contributed by atoms with Crippen molar-refractivity contribution in [1.29, 1.82) is 0 Å². The predicted octanol–water partition coefficient (Wildman–Crippen LogP) is 5.99. The molecule has 1 rings (SSSR count). The van der Waals surface area contributed by atoms with Gasteiger partial charge in [-0.15, -0.1) is 0 Å². The number of unbranched alkanes of at least 4 members (excludes halogenated alkanes) is 8. The lowest BCUT2D eigenvalue weighted by molar-refractivity contribution is -0.142. The molecule has 4 heteroatoms. The van der Waals surface area contributed by atoms with E-state index < -0.39 is 14.0 Å². The fraction of sp³-hybridized carbons (Fsp3) is 0.762. The number of rotatable bonds is 14. The molecule has 0 aromatic carbocycles. The number of hydrogen-bond acceptors (Lipinski definition) is 2. The molecule has 1 aromatic heterocycles. The lowest BCUT2D eigenvalue weighted by atomic mass is 9.94. The first-order valence-electron chi connectivity index (χ1n) is 10.1. The van der Waals surface area contributed by atoms with Crippen LogP contribution in [0, 0.1) is 5.92 Å². The van der Waals surface area contributed by atoms with E-state index in [0.29, 0.717) is 6.42 Å². The third-order valence-corrected chi connectivity index (χ3v) is 6.62. The maximum Gasteiger partial charge on any atom is 0.306 e. The molecule has 1 aromatic rings. The lowest BCUT2D eigenvalue weighted by Gasteiger charge is -2.12. The molecule has 0 aliphatic heterocycles. The average Bonchev–Trinajstić information content (AvgIpc) is 3.01. The van der Waals surface area contributed by atoms with Gasteiger partial charge in [0, 0.05) is 0 Å². The van der Waals surface area contributed by atoms with Crippen LogP contribution in [0.1, 0.15) is 76.7 Å². The Hall–Kier alpha value is -1.03. The van der Waals surface area contributed by atoms with Crippen molar-refractivity contribution in [3.05, 3.63) is 17.9 Å². The monoisotopic (exact) mass is 366 g/mol. The van der Waals surface area contributed by atoms with Crippen molar-refractivity contribution in [1.82, 2.24) is 0 Å². The van der Waals surface area contributed by atoms with Crippen molar-refractivity contribution < 1.29 is 14.3 Å². The number of furan rings is 1.